The number of phenolic OH excluding ortho intramolecular Hbond substituents is 1. The molecular formula is C23H24N2O4. The van der Waals surface area contributed by atoms with Gasteiger partial charge in [-0.3, -0.25) is 9.78 Å². The molecule has 2 heterocycles. The van der Waals surface area contributed by atoms with Crippen molar-refractivity contribution in [3.63, 3.8) is 0 Å². The SMILES string of the molecule is Cc1cc(-c2c(C(C)C)nc(OC3CC(C(=O)O)C3)c3cc(O)ccc23)ccn1. The maximum Gasteiger partial charge on any atom is 0.306 e. The van der Waals surface area contributed by atoms with Gasteiger partial charge in [-0.25, -0.2) is 4.98 Å². The molecule has 1 aliphatic rings. The molecule has 3 aromatic rings. The van der Waals surface area contributed by atoms with Gasteiger partial charge in [-0.15, -0.1) is 0 Å². The van der Waals surface area contributed by atoms with Gasteiger partial charge in [0.15, 0.2) is 0 Å². The number of rotatable bonds is 5. The van der Waals surface area contributed by atoms with Crippen molar-refractivity contribution in [3.8, 4) is 22.8 Å². The molecule has 0 unspecified atom stereocenters. The van der Waals surface area contributed by atoms with Gasteiger partial charge in [-0.1, -0.05) is 13.8 Å². The van der Waals surface area contributed by atoms with Crippen molar-refractivity contribution in [1.29, 1.82) is 0 Å². The summed E-state index contributed by atoms with van der Waals surface area (Å²) in [5.74, 6) is -0.416. The number of carboxylic acid groups (broad SMARTS) is 1. The molecule has 2 N–H and O–H groups in total. The highest BCUT2D eigenvalue weighted by molar-refractivity contribution is 6.01. The molecule has 0 atom stereocenters. The maximum atomic E-state index is 11.1. The number of nitrogens with zero attached hydrogens (tertiary/aromatic N) is 2. The normalized spacial score (nSPS) is 18.6. The van der Waals surface area contributed by atoms with Gasteiger partial charge in [-0.2, -0.15) is 0 Å². The number of hydrogen-bond donors (Lipinski definition) is 2. The zero-order valence-corrected chi connectivity index (χ0v) is 16.7. The van der Waals surface area contributed by atoms with E-state index in [1.807, 2.05) is 25.1 Å². The Balaban J connectivity index is 1.86. The van der Waals surface area contributed by atoms with Crippen LogP contribution >= 0.6 is 0 Å². The lowest BCUT2D eigenvalue weighted by atomic mass is 9.82. The number of carbonyl (C=O) groups is 1. The Morgan fingerprint density at radius 3 is 2.59 bits per heavy atom. The number of hydrogen-bond acceptors (Lipinski definition) is 5. The summed E-state index contributed by atoms with van der Waals surface area (Å²) in [5.41, 5.74) is 3.84. The van der Waals surface area contributed by atoms with Crippen molar-refractivity contribution in [2.45, 2.75) is 45.6 Å². The van der Waals surface area contributed by atoms with E-state index >= 15 is 0 Å². The fourth-order valence-electron chi connectivity index (χ4n) is 3.82. The topological polar surface area (TPSA) is 92.5 Å². The maximum absolute atomic E-state index is 11.1. The van der Waals surface area contributed by atoms with Crippen LogP contribution in [0.4, 0.5) is 0 Å². The molecule has 0 spiro atoms. The van der Waals surface area contributed by atoms with Crippen LogP contribution in [-0.2, 0) is 4.79 Å². The van der Waals surface area contributed by atoms with E-state index in [2.05, 4.69) is 18.8 Å². The second-order valence-corrected chi connectivity index (χ2v) is 7.99. The van der Waals surface area contributed by atoms with E-state index in [4.69, 9.17) is 14.8 Å². The van der Waals surface area contributed by atoms with E-state index in [0.717, 1.165) is 33.3 Å². The number of aliphatic carboxylic acids is 1. The second kappa shape index (κ2) is 7.35. The molecule has 4 rings (SSSR count). The van der Waals surface area contributed by atoms with Gasteiger partial charge in [0.05, 0.1) is 11.6 Å². The minimum Gasteiger partial charge on any atom is -0.508 e. The Hall–Kier alpha value is -3.15. The van der Waals surface area contributed by atoms with Crippen molar-refractivity contribution in [2.24, 2.45) is 5.92 Å². The predicted molar refractivity (Wildman–Crippen MR) is 110 cm³/mol. The van der Waals surface area contributed by atoms with E-state index < -0.39 is 5.97 Å². The predicted octanol–water partition coefficient (Wildman–Crippen LogP) is 4.68. The first-order valence-corrected chi connectivity index (χ1v) is 9.82. The van der Waals surface area contributed by atoms with Gasteiger partial charge >= 0.3 is 5.97 Å². The highest BCUT2D eigenvalue weighted by Crippen LogP contribution is 2.41. The highest BCUT2D eigenvalue weighted by atomic mass is 16.5. The van der Waals surface area contributed by atoms with Crippen LogP contribution in [-0.4, -0.2) is 32.3 Å². The first kappa shape index (κ1) is 19.2. The monoisotopic (exact) mass is 392 g/mol. The third kappa shape index (κ3) is 3.62. The van der Waals surface area contributed by atoms with Gasteiger partial charge in [0.25, 0.3) is 0 Å². The smallest absolute Gasteiger partial charge is 0.306 e. The summed E-state index contributed by atoms with van der Waals surface area (Å²) >= 11 is 0. The number of fused-ring (bicyclic) bond motifs is 1. The van der Waals surface area contributed by atoms with E-state index in [0.29, 0.717) is 18.7 Å². The third-order valence-corrected chi connectivity index (χ3v) is 5.44. The Bertz CT molecular complexity index is 1090. The van der Waals surface area contributed by atoms with E-state index in [-0.39, 0.29) is 23.7 Å². The minimum absolute atomic E-state index is 0.135. The molecule has 150 valence electrons. The molecule has 6 nitrogen and oxygen atoms in total. The second-order valence-electron chi connectivity index (χ2n) is 7.99. The van der Waals surface area contributed by atoms with Gasteiger partial charge < -0.3 is 14.9 Å². The number of aromatic hydroxyl groups is 1. The van der Waals surface area contributed by atoms with Crippen molar-refractivity contribution >= 4 is 16.7 Å². The molecule has 2 aromatic heterocycles. The zero-order chi connectivity index (χ0) is 20.7. The molecule has 1 fully saturated rings. The fourth-order valence-corrected chi connectivity index (χ4v) is 3.82. The summed E-state index contributed by atoms with van der Waals surface area (Å²) in [7, 11) is 0. The molecule has 0 amide bonds. The van der Waals surface area contributed by atoms with Crippen LogP contribution in [0.15, 0.2) is 36.5 Å². The lowest BCUT2D eigenvalue weighted by Crippen LogP contribution is -2.38. The van der Waals surface area contributed by atoms with E-state index in [1.54, 1.807) is 18.3 Å². The summed E-state index contributed by atoms with van der Waals surface area (Å²) in [6.45, 7) is 6.12. The Kier molecular flexibility index (Phi) is 4.86. The lowest BCUT2D eigenvalue weighted by molar-refractivity contribution is -0.148. The van der Waals surface area contributed by atoms with Gasteiger partial charge in [0, 0.05) is 22.8 Å². The largest absolute Gasteiger partial charge is 0.508 e. The molecule has 1 aromatic carbocycles. The number of benzene rings is 1. The van der Waals surface area contributed by atoms with Gasteiger partial charge in [0.2, 0.25) is 5.88 Å². The third-order valence-electron chi connectivity index (χ3n) is 5.44. The molecule has 0 saturated heterocycles. The lowest BCUT2D eigenvalue weighted by Gasteiger charge is -2.32. The molecule has 0 radical (unpaired) electrons. The number of aryl methyl sites for hydroxylation is 1. The Morgan fingerprint density at radius 2 is 1.93 bits per heavy atom. The Labute approximate surface area is 169 Å². The molecule has 6 heteroatoms. The van der Waals surface area contributed by atoms with Crippen LogP contribution in [0.1, 0.15) is 44.0 Å². The standard InChI is InChI=1S/C23H24N2O4/c1-12(2)21-20(14-6-7-24-13(3)8-14)18-5-4-16(26)11-19(18)22(25-21)29-17-9-15(10-17)23(27)28/h4-8,11-12,15,17,26H,9-10H2,1-3H3,(H,27,28). The quantitative estimate of drug-likeness (QED) is 0.655. The molecular weight excluding hydrogens is 368 g/mol. The number of carboxylic acids is 1. The van der Waals surface area contributed by atoms with Gasteiger partial charge in [0.1, 0.15) is 11.9 Å². The summed E-state index contributed by atoms with van der Waals surface area (Å²) in [5, 5.41) is 20.9. The highest BCUT2D eigenvalue weighted by Gasteiger charge is 2.36. The number of ether oxygens (including phenoxy) is 1. The molecule has 0 aliphatic heterocycles. The van der Waals surface area contributed by atoms with Crippen LogP contribution < -0.4 is 4.74 Å². The molecule has 1 aliphatic carbocycles. The summed E-state index contributed by atoms with van der Waals surface area (Å²) < 4.78 is 6.11. The fraction of sp³-hybridized carbons (Fsp3) is 0.348. The Morgan fingerprint density at radius 1 is 1.17 bits per heavy atom. The van der Waals surface area contributed by atoms with E-state index in [9.17, 15) is 9.90 Å². The van der Waals surface area contributed by atoms with Crippen molar-refractivity contribution in [2.75, 3.05) is 0 Å². The van der Waals surface area contributed by atoms with Crippen molar-refractivity contribution < 1.29 is 19.7 Å². The van der Waals surface area contributed by atoms with Crippen LogP contribution in [0.5, 0.6) is 11.6 Å². The molecule has 29 heavy (non-hydrogen) atoms. The first-order valence-electron chi connectivity index (χ1n) is 9.82. The summed E-state index contributed by atoms with van der Waals surface area (Å²) in [4.78, 5) is 20.2. The average molecular weight is 392 g/mol. The first-order chi connectivity index (χ1) is 13.8. The minimum atomic E-state index is -0.786. The number of aromatic nitrogens is 2. The number of pyridine rings is 2. The van der Waals surface area contributed by atoms with Crippen LogP contribution in [0.3, 0.4) is 0 Å². The van der Waals surface area contributed by atoms with Crippen LogP contribution in [0.2, 0.25) is 0 Å². The van der Waals surface area contributed by atoms with Crippen molar-refractivity contribution in [3.05, 3.63) is 47.9 Å². The molecule has 0 bridgehead atoms. The average Bonchev–Trinajstić information content (AvgIpc) is 2.63. The summed E-state index contributed by atoms with van der Waals surface area (Å²) in [6, 6.07) is 9.20. The number of phenols is 1. The van der Waals surface area contributed by atoms with Crippen LogP contribution in [0, 0.1) is 12.8 Å². The summed E-state index contributed by atoms with van der Waals surface area (Å²) in [6.07, 6.45) is 2.55. The zero-order valence-electron chi connectivity index (χ0n) is 16.7. The van der Waals surface area contributed by atoms with Crippen molar-refractivity contribution in [1.82, 2.24) is 9.97 Å². The molecule has 1 saturated carbocycles. The van der Waals surface area contributed by atoms with Gasteiger partial charge in [-0.05, 0) is 67.0 Å². The van der Waals surface area contributed by atoms with Crippen LogP contribution in [0.25, 0.3) is 21.9 Å². The van der Waals surface area contributed by atoms with E-state index in [1.165, 1.54) is 0 Å².